The zero-order valence-corrected chi connectivity index (χ0v) is 11.9. The minimum Gasteiger partial charge on any atom is -0.361 e. The molecule has 0 saturated heterocycles. The van der Waals surface area contributed by atoms with E-state index in [1.807, 2.05) is 19.4 Å². The summed E-state index contributed by atoms with van der Waals surface area (Å²) in [5.41, 5.74) is 2.57. The molecule has 1 atom stereocenters. The lowest BCUT2D eigenvalue weighted by atomic mass is 10.1. The summed E-state index contributed by atoms with van der Waals surface area (Å²) in [5, 5.41) is 4.85. The molecule has 4 heteroatoms. The van der Waals surface area contributed by atoms with Crippen LogP contribution in [0.3, 0.4) is 0 Å². The summed E-state index contributed by atoms with van der Waals surface area (Å²) in [6.07, 6.45) is 6.94. The Morgan fingerprint density at radius 2 is 2.20 bits per heavy atom. The number of rotatable bonds is 5. The SMILES string of the molecule is C[C@@H](NCCc1c[nH]c2ccccc12)c1nccn1C. The van der Waals surface area contributed by atoms with E-state index in [0.29, 0.717) is 0 Å². The Balaban J connectivity index is 1.61. The Hall–Kier alpha value is -2.07. The van der Waals surface area contributed by atoms with E-state index in [0.717, 1.165) is 18.8 Å². The molecule has 0 unspecified atom stereocenters. The molecule has 2 aromatic heterocycles. The highest BCUT2D eigenvalue weighted by Crippen LogP contribution is 2.18. The lowest BCUT2D eigenvalue weighted by Gasteiger charge is -2.13. The molecule has 0 saturated carbocycles. The molecule has 1 aromatic carbocycles. The van der Waals surface area contributed by atoms with Crippen molar-refractivity contribution in [2.45, 2.75) is 19.4 Å². The van der Waals surface area contributed by atoms with Gasteiger partial charge in [-0.1, -0.05) is 18.2 Å². The predicted octanol–water partition coefficient (Wildman–Crippen LogP) is 2.79. The third-order valence-electron chi connectivity index (χ3n) is 3.77. The zero-order chi connectivity index (χ0) is 13.9. The number of aromatic nitrogens is 3. The van der Waals surface area contributed by atoms with Crippen molar-refractivity contribution in [3.63, 3.8) is 0 Å². The predicted molar refractivity (Wildman–Crippen MR) is 81.6 cm³/mol. The fraction of sp³-hybridized carbons (Fsp3) is 0.312. The van der Waals surface area contributed by atoms with Crippen LogP contribution in [-0.4, -0.2) is 21.1 Å². The Morgan fingerprint density at radius 3 is 3.00 bits per heavy atom. The molecule has 0 amide bonds. The van der Waals surface area contributed by atoms with Crippen molar-refractivity contribution >= 4 is 10.9 Å². The smallest absolute Gasteiger partial charge is 0.125 e. The molecule has 0 aliphatic heterocycles. The molecule has 0 spiro atoms. The minimum atomic E-state index is 0.264. The van der Waals surface area contributed by atoms with Crippen molar-refractivity contribution in [2.24, 2.45) is 7.05 Å². The number of hydrogen-bond donors (Lipinski definition) is 2. The maximum atomic E-state index is 4.38. The summed E-state index contributed by atoms with van der Waals surface area (Å²) in [5.74, 6) is 1.07. The largest absolute Gasteiger partial charge is 0.361 e. The first-order chi connectivity index (χ1) is 9.75. The summed E-state index contributed by atoms with van der Waals surface area (Å²) >= 11 is 0. The van der Waals surface area contributed by atoms with Gasteiger partial charge in [0.2, 0.25) is 0 Å². The number of nitrogens with one attached hydrogen (secondary N) is 2. The van der Waals surface area contributed by atoms with Gasteiger partial charge in [0.1, 0.15) is 5.82 Å². The Bertz CT molecular complexity index is 695. The summed E-state index contributed by atoms with van der Waals surface area (Å²) in [6, 6.07) is 8.69. The van der Waals surface area contributed by atoms with Crippen LogP contribution < -0.4 is 5.32 Å². The molecule has 2 N–H and O–H groups in total. The van der Waals surface area contributed by atoms with Gasteiger partial charge in [-0.15, -0.1) is 0 Å². The van der Waals surface area contributed by atoms with Crippen LogP contribution in [0.2, 0.25) is 0 Å². The molecule has 0 fully saturated rings. The fourth-order valence-corrected chi connectivity index (χ4v) is 2.65. The molecular weight excluding hydrogens is 248 g/mol. The second-order valence-electron chi connectivity index (χ2n) is 5.18. The molecule has 104 valence electrons. The summed E-state index contributed by atoms with van der Waals surface area (Å²) < 4.78 is 2.06. The number of aromatic amines is 1. The molecule has 0 aliphatic carbocycles. The summed E-state index contributed by atoms with van der Waals surface area (Å²) in [4.78, 5) is 7.69. The molecule has 4 nitrogen and oxygen atoms in total. The number of H-pyrrole nitrogens is 1. The quantitative estimate of drug-likeness (QED) is 0.747. The van der Waals surface area contributed by atoms with E-state index in [9.17, 15) is 0 Å². The molecule has 0 aliphatic rings. The third-order valence-corrected chi connectivity index (χ3v) is 3.77. The van der Waals surface area contributed by atoms with E-state index in [4.69, 9.17) is 0 Å². The van der Waals surface area contributed by atoms with Gasteiger partial charge in [0.05, 0.1) is 6.04 Å². The summed E-state index contributed by atoms with van der Waals surface area (Å²) in [7, 11) is 2.03. The van der Waals surface area contributed by atoms with Gasteiger partial charge in [0.25, 0.3) is 0 Å². The van der Waals surface area contributed by atoms with Crippen LogP contribution in [-0.2, 0) is 13.5 Å². The number of hydrogen-bond acceptors (Lipinski definition) is 2. The van der Waals surface area contributed by atoms with Gasteiger partial charge in [0.15, 0.2) is 0 Å². The van der Waals surface area contributed by atoms with E-state index < -0.39 is 0 Å². The van der Waals surface area contributed by atoms with Crippen LogP contribution in [0, 0.1) is 0 Å². The third kappa shape index (κ3) is 2.47. The topological polar surface area (TPSA) is 45.6 Å². The average molecular weight is 268 g/mol. The van der Waals surface area contributed by atoms with Crippen molar-refractivity contribution < 1.29 is 0 Å². The van der Waals surface area contributed by atoms with Crippen LogP contribution in [0.5, 0.6) is 0 Å². The molecular formula is C16H20N4. The molecule has 0 radical (unpaired) electrons. The number of aryl methyl sites for hydroxylation is 1. The van der Waals surface area contributed by atoms with E-state index in [1.54, 1.807) is 0 Å². The van der Waals surface area contributed by atoms with E-state index >= 15 is 0 Å². The number of fused-ring (bicyclic) bond motifs is 1. The van der Waals surface area contributed by atoms with Crippen LogP contribution in [0.25, 0.3) is 10.9 Å². The van der Waals surface area contributed by atoms with E-state index in [1.165, 1.54) is 16.5 Å². The normalized spacial score (nSPS) is 12.9. The van der Waals surface area contributed by atoms with Crippen LogP contribution in [0.15, 0.2) is 42.9 Å². The van der Waals surface area contributed by atoms with Crippen molar-refractivity contribution in [3.05, 3.63) is 54.2 Å². The zero-order valence-electron chi connectivity index (χ0n) is 11.9. The molecule has 3 aromatic rings. The van der Waals surface area contributed by atoms with Crippen LogP contribution >= 0.6 is 0 Å². The first-order valence-electron chi connectivity index (χ1n) is 7.01. The highest BCUT2D eigenvalue weighted by molar-refractivity contribution is 5.83. The fourth-order valence-electron chi connectivity index (χ4n) is 2.65. The van der Waals surface area contributed by atoms with Gasteiger partial charge in [-0.25, -0.2) is 4.98 Å². The maximum Gasteiger partial charge on any atom is 0.125 e. The molecule has 0 bridgehead atoms. The standard InChI is InChI=1S/C16H20N4/c1-12(16-18-9-10-20(16)2)17-8-7-13-11-19-15-6-4-3-5-14(13)15/h3-6,9-12,17,19H,7-8H2,1-2H3/t12-/m1/s1. The van der Waals surface area contributed by atoms with E-state index in [2.05, 4.69) is 57.2 Å². The van der Waals surface area contributed by atoms with Gasteiger partial charge in [-0.05, 0) is 31.5 Å². The van der Waals surface area contributed by atoms with Crippen LogP contribution in [0.4, 0.5) is 0 Å². The van der Waals surface area contributed by atoms with Gasteiger partial charge < -0.3 is 14.9 Å². The average Bonchev–Trinajstić information content (AvgIpc) is 3.05. The van der Waals surface area contributed by atoms with Gasteiger partial charge >= 0.3 is 0 Å². The Labute approximate surface area is 118 Å². The second kappa shape index (κ2) is 5.51. The highest BCUT2D eigenvalue weighted by atomic mass is 15.1. The molecule has 3 rings (SSSR count). The number of nitrogens with zero attached hydrogens (tertiary/aromatic N) is 2. The molecule has 20 heavy (non-hydrogen) atoms. The Morgan fingerprint density at radius 1 is 1.35 bits per heavy atom. The lowest BCUT2D eigenvalue weighted by Crippen LogP contribution is -2.23. The van der Waals surface area contributed by atoms with Crippen molar-refractivity contribution in [1.82, 2.24) is 19.9 Å². The second-order valence-corrected chi connectivity index (χ2v) is 5.18. The highest BCUT2D eigenvalue weighted by Gasteiger charge is 2.09. The van der Waals surface area contributed by atoms with Gasteiger partial charge in [0, 0.05) is 36.5 Å². The van der Waals surface area contributed by atoms with Crippen molar-refractivity contribution in [1.29, 1.82) is 0 Å². The van der Waals surface area contributed by atoms with Crippen molar-refractivity contribution in [3.8, 4) is 0 Å². The first-order valence-corrected chi connectivity index (χ1v) is 7.01. The van der Waals surface area contributed by atoms with Crippen molar-refractivity contribution in [2.75, 3.05) is 6.54 Å². The van der Waals surface area contributed by atoms with E-state index in [-0.39, 0.29) is 6.04 Å². The van der Waals surface area contributed by atoms with Crippen LogP contribution in [0.1, 0.15) is 24.4 Å². The monoisotopic (exact) mass is 268 g/mol. The van der Waals surface area contributed by atoms with Gasteiger partial charge in [-0.3, -0.25) is 0 Å². The number of imidazole rings is 1. The summed E-state index contributed by atoms with van der Waals surface area (Å²) in [6.45, 7) is 3.09. The Kier molecular flexibility index (Phi) is 3.56. The van der Waals surface area contributed by atoms with Gasteiger partial charge in [-0.2, -0.15) is 0 Å². The lowest BCUT2D eigenvalue weighted by molar-refractivity contribution is 0.534. The minimum absolute atomic E-state index is 0.264. The molecule has 2 heterocycles. The first kappa shape index (κ1) is 12.9. The maximum absolute atomic E-state index is 4.38. The number of para-hydroxylation sites is 1. The number of benzene rings is 1.